The van der Waals surface area contributed by atoms with Gasteiger partial charge in [0.25, 0.3) is 17.7 Å². The van der Waals surface area contributed by atoms with E-state index in [0.29, 0.717) is 11.8 Å². The van der Waals surface area contributed by atoms with Crippen LogP contribution in [0, 0.1) is 35.5 Å². The van der Waals surface area contributed by atoms with Crippen molar-refractivity contribution in [3.63, 3.8) is 0 Å². The fourth-order valence-electron chi connectivity index (χ4n) is 5.38. The molecule has 6 atom stereocenters. The van der Waals surface area contributed by atoms with Crippen molar-refractivity contribution in [2.24, 2.45) is 35.5 Å². The fourth-order valence-corrected chi connectivity index (χ4v) is 5.38. The van der Waals surface area contributed by atoms with E-state index in [4.69, 9.17) is 0 Å². The van der Waals surface area contributed by atoms with E-state index in [0.717, 1.165) is 41.3 Å². The third-order valence-electron chi connectivity index (χ3n) is 6.53. The normalized spacial score (nSPS) is 36.1. The number of benzene rings is 1. The van der Waals surface area contributed by atoms with Gasteiger partial charge in [0, 0.05) is 5.56 Å². The van der Waals surface area contributed by atoms with Gasteiger partial charge >= 0.3 is 6.18 Å². The second-order valence-electron chi connectivity index (χ2n) is 7.77. The van der Waals surface area contributed by atoms with Gasteiger partial charge in [-0.1, -0.05) is 12.2 Å². The van der Waals surface area contributed by atoms with Crippen molar-refractivity contribution < 1.29 is 27.6 Å². The van der Waals surface area contributed by atoms with Crippen LogP contribution in [0.5, 0.6) is 0 Å². The second kappa shape index (κ2) is 4.99. The number of imide groups is 1. The molecule has 0 spiro atoms. The van der Waals surface area contributed by atoms with Crippen molar-refractivity contribution in [1.82, 2.24) is 10.4 Å². The van der Waals surface area contributed by atoms with E-state index in [9.17, 15) is 27.6 Å². The smallest absolute Gasteiger partial charge is 0.272 e. The summed E-state index contributed by atoms with van der Waals surface area (Å²) in [6, 6.07) is 3.61. The van der Waals surface area contributed by atoms with Gasteiger partial charge in [0.1, 0.15) is 0 Å². The summed E-state index contributed by atoms with van der Waals surface area (Å²) in [6.45, 7) is 4.07. The average Bonchev–Trinajstić information content (AvgIpc) is 3.23. The van der Waals surface area contributed by atoms with Crippen LogP contribution in [0.15, 0.2) is 36.4 Å². The molecule has 1 saturated heterocycles. The molecule has 0 unspecified atom stereocenters. The Morgan fingerprint density at radius 2 is 1.52 bits per heavy atom. The zero-order chi connectivity index (χ0) is 19.2. The Morgan fingerprint density at radius 1 is 1.00 bits per heavy atom. The molecule has 5 nitrogen and oxygen atoms in total. The van der Waals surface area contributed by atoms with Crippen molar-refractivity contribution in [2.45, 2.75) is 12.6 Å². The monoisotopic (exact) mass is 376 g/mol. The van der Waals surface area contributed by atoms with Gasteiger partial charge in [-0.05, 0) is 54.4 Å². The molecule has 3 amide bonds. The first kappa shape index (κ1) is 16.5. The quantitative estimate of drug-likeness (QED) is 0.637. The summed E-state index contributed by atoms with van der Waals surface area (Å²) in [4.78, 5) is 37.8. The van der Waals surface area contributed by atoms with Gasteiger partial charge < -0.3 is 0 Å². The van der Waals surface area contributed by atoms with E-state index in [1.165, 1.54) is 0 Å². The van der Waals surface area contributed by atoms with Gasteiger partial charge in [-0.3, -0.25) is 19.8 Å². The van der Waals surface area contributed by atoms with E-state index >= 15 is 0 Å². The number of rotatable bonds is 2. The number of nitrogens with one attached hydrogen (secondary N) is 1. The Balaban J connectivity index is 1.35. The van der Waals surface area contributed by atoms with E-state index in [2.05, 4.69) is 12.0 Å². The zero-order valence-electron chi connectivity index (χ0n) is 14.0. The maximum atomic E-state index is 12.7. The molecule has 1 heterocycles. The molecule has 140 valence electrons. The summed E-state index contributed by atoms with van der Waals surface area (Å²) in [5.74, 6) is -1.74. The van der Waals surface area contributed by atoms with E-state index in [1.54, 1.807) is 0 Å². The molecule has 0 aromatic heterocycles. The SMILES string of the molecule is C=C1[C@@H]2[C@@H]3C[C@@H]3[C@H]1[C@@H]1C(=O)N(NC(=O)c3ccc(C(F)(F)F)cc3)C(=O)[C@@H]12. The van der Waals surface area contributed by atoms with Crippen LogP contribution in [0.3, 0.4) is 0 Å². The van der Waals surface area contributed by atoms with Crippen LogP contribution in [0.4, 0.5) is 13.2 Å². The van der Waals surface area contributed by atoms with Crippen molar-refractivity contribution in [3.05, 3.63) is 47.5 Å². The Bertz CT molecular complexity index is 872. The fraction of sp³-hybridized carbons (Fsp3) is 0.421. The van der Waals surface area contributed by atoms with E-state index < -0.39 is 41.3 Å². The summed E-state index contributed by atoms with van der Waals surface area (Å²) in [5.41, 5.74) is 2.33. The van der Waals surface area contributed by atoms with E-state index in [1.807, 2.05) is 0 Å². The number of hydrogen-bond acceptors (Lipinski definition) is 3. The molecule has 3 aliphatic carbocycles. The molecule has 4 fully saturated rings. The summed E-state index contributed by atoms with van der Waals surface area (Å²) >= 11 is 0. The van der Waals surface area contributed by atoms with Crippen LogP contribution in [0.25, 0.3) is 0 Å². The Kier molecular flexibility index (Phi) is 3.06. The predicted molar refractivity (Wildman–Crippen MR) is 85.5 cm³/mol. The van der Waals surface area contributed by atoms with Crippen molar-refractivity contribution in [2.75, 3.05) is 0 Å². The molecule has 1 aromatic carbocycles. The van der Waals surface area contributed by atoms with Gasteiger partial charge in [0.2, 0.25) is 0 Å². The minimum Gasteiger partial charge on any atom is -0.272 e. The number of hydrogen-bond donors (Lipinski definition) is 1. The third-order valence-corrected chi connectivity index (χ3v) is 6.53. The maximum Gasteiger partial charge on any atom is 0.416 e. The van der Waals surface area contributed by atoms with Gasteiger partial charge in [0.05, 0.1) is 17.4 Å². The molecule has 5 rings (SSSR count). The molecule has 1 aromatic rings. The average molecular weight is 376 g/mol. The van der Waals surface area contributed by atoms with Gasteiger partial charge in [-0.2, -0.15) is 18.2 Å². The Morgan fingerprint density at radius 3 is 2.00 bits per heavy atom. The molecule has 1 N–H and O–H groups in total. The van der Waals surface area contributed by atoms with Crippen LogP contribution in [-0.4, -0.2) is 22.7 Å². The molecular weight excluding hydrogens is 361 g/mol. The number of fused-ring (bicyclic) bond motifs is 8. The standard InChI is InChI=1S/C19H15F3N2O3/c1-7-12-10-6-11(10)13(7)15-14(12)17(26)24(18(15)27)23-16(25)8-2-4-9(5-3-8)19(20,21)22/h2-5,10-15H,1,6H2,(H,23,25)/t10-,11+,12-,13+,14-,15+. The van der Waals surface area contributed by atoms with Crippen LogP contribution < -0.4 is 5.43 Å². The number of alkyl halides is 3. The molecule has 27 heavy (non-hydrogen) atoms. The molecule has 8 heteroatoms. The number of nitrogens with zero attached hydrogens (tertiary/aromatic N) is 1. The lowest BCUT2D eigenvalue weighted by Crippen LogP contribution is -2.47. The molecule has 1 aliphatic heterocycles. The lowest BCUT2D eigenvalue weighted by atomic mass is 9.81. The second-order valence-corrected chi connectivity index (χ2v) is 7.77. The first-order chi connectivity index (χ1) is 12.7. The first-order valence-electron chi connectivity index (χ1n) is 8.75. The molecule has 4 aliphatic rings. The van der Waals surface area contributed by atoms with Crippen LogP contribution >= 0.6 is 0 Å². The summed E-state index contributed by atoms with van der Waals surface area (Å²) in [6.07, 6.45) is -3.48. The summed E-state index contributed by atoms with van der Waals surface area (Å²) in [7, 11) is 0. The molecule has 0 radical (unpaired) electrons. The van der Waals surface area contributed by atoms with Gasteiger partial charge in [0.15, 0.2) is 0 Å². The molecule has 2 bridgehead atoms. The number of carbonyl (C=O) groups is 3. The zero-order valence-corrected chi connectivity index (χ0v) is 14.0. The number of halogens is 3. The van der Waals surface area contributed by atoms with Crippen LogP contribution in [0.2, 0.25) is 0 Å². The summed E-state index contributed by atoms with van der Waals surface area (Å²) in [5, 5.41) is 0.756. The topological polar surface area (TPSA) is 66.5 Å². The number of carbonyl (C=O) groups excluding carboxylic acids is 3. The van der Waals surface area contributed by atoms with Gasteiger partial charge in [-0.25, -0.2) is 0 Å². The number of hydrazine groups is 1. The highest BCUT2D eigenvalue weighted by Gasteiger charge is 2.73. The highest BCUT2D eigenvalue weighted by Crippen LogP contribution is 2.73. The lowest BCUT2D eigenvalue weighted by Gasteiger charge is -2.20. The van der Waals surface area contributed by atoms with Crippen LogP contribution in [-0.2, 0) is 15.8 Å². The maximum absolute atomic E-state index is 12.7. The predicted octanol–water partition coefficient (Wildman–Crippen LogP) is 2.40. The Labute approximate surface area is 152 Å². The Hall–Kier alpha value is -2.64. The number of amides is 3. The van der Waals surface area contributed by atoms with Crippen molar-refractivity contribution in [3.8, 4) is 0 Å². The summed E-state index contributed by atoms with van der Waals surface area (Å²) < 4.78 is 37.9. The lowest BCUT2D eigenvalue weighted by molar-refractivity contribution is -0.143. The van der Waals surface area contributed by atoms with Crippen LogP contribution in [0.1, 0.15) is 22.3 Å². The highest BCUT2D eigenvalue weighted by atomic mass is 19.4. The minimum atomic E-state index is -4.50. The third kappa shape index (κ3) is 2.09. The first-order valence-corrected chi connectivity index (χ1v) is 8.75. The van der Waals surface area contributed by atoms with Gasteiger partial charge in [-0.15, -0.1) is 0 Å². The number of allylic oxidation sites excluding steroid dienone is 1. The van der Waals surface area contributed by atoms with Crippen molar-refractivity contribution in [1.29, 1.82) is 0 Å². The molecular formula is C19H15F3N2O3. The van der Waals surface area contributed by atoms with E-state index in [-0.39, 0.29) is 17.4 Å². The van der Waals surface area contributed by atoms with Crippen molar-refractivity contribution >= 4 is 17.7 Å². The largest absolute Gasteiger partial charge is 0.416 e. The molecule has 3 saturated carbocycles. The minimum absolute atomic E-state index is 0.00872. The highest BCUT2D eigenvalue weighted by molar-refractivity contribution is 6.09.